The van der Waals surface area contributed by atoms with Crippen molar-refractivity contribution >= 4 is 27.5 Å². The number of unbranched alkanes of at least 4 members (excludes halogenated alkanes) is 2. The highest BCUT2D eigenvalue weighted by Gasteiger charge is 1.99. The summed E-state index contributed by atoms with van der Waals surface area (Å²) in [6, 6.07) is 0. The zero-order valence-electron chi connectivity index (χ0n) is 7.75. The molecule has 0 amide bonds. The van der Waals surface area contributed by atoms with Crippen LogP contribution in [0.15, 0.2) is 21.8 Å². The SMILES string of the molecule is O=c1c(Br)cncn1CCCCCCl. The molecule has 0 radical (unpaired) electrons. The van der Waals surface area contributed by atoms with Crippen molar-refractivity contribution in [1.82, 2.24) is 9.55 Å². The molecule has 0 saturated heterocycles. The number of hydrogen-bond donors (Lipinski definition) is 0. The summed E-state index contributed by atoms with van der Waals surface area (Å²) >= 11 is 8.70. The number of hydrogen-bond acceptors (Lipinski definition) is 2. The first-order valence-electron chi connectivity index (χ1n) is 4.51. The summed E-state index contributed by atoms with van der Waals surface area (Å²) in [4.78, 5) is 15.4. The minimum Gasteiger partial charge on any atom is -0.298 e. The standard InChI is InChI=1S/C9H12BrClN2O/c10-8-6-12-7-13(9(8)14)5-3-1-2-4-11/h6-7H,1-5H2. The fourth-order valence-corrected chi connectivity index (χ4v) is 1.67. The highest BCUT2D eigenvalue weighted by atomic mass is 79.9. The van der Waals surface area contributed by atoms with Crippen LogP contribution < -0.4 is 5.56 Å². The van der Waals surface area contributed by atoms with Crippen molar-refractivity contribution in [2.24, 2.45) is 0 Å². The lowest BCUT2D eigenvalue weighted by molar-refractivity contribution is 0.579. The molecule has 0 fully saturated rings. The molecule has 0 aromatic carbocycles. The zero-order valence-corrected chi connectivity index (χ0v) is 10.1. The van der Waals surface area contributed by atoms with Crippen molar-refractivity contribution in [3.8, 4) is 0 Å². The average Bonchev–Trinajstić information content (AvgIpc) is 2.19. The molecular weight excluding hydrogens is 267 g/mol. The number of aromatic nitrogens is 2. The highest BCUT2D eigenvalue weighted by Crippen LogP contribution is 2.01. The summed E-state index contributed by atoms with van der Waals surface area (Å²) in [7, 11) is 0. The summed E-state index contributed by atoms with van der Waals surface area (Å²) in [6.45, 7) is 0.710. The maximum atomic E-state index is 11.5. The fraction of sp³-hybridized carbons (Fsp3) is 0.556. The lowest BCUT2D eigenvalue weighted by Crippen LogP contribution is -2.20. The van der Waals surface area contributed by atoms with Gasteiger partial charge in [-0.05, 0) is 28.8 Å². The molecule has 1 aromatic heterocycles. The smallest absolute Gasteiger partial charge is 0.267 e. The largest absolute Gasteiger partial charge is 0.298 e. The van der Waals surface area contributed by atoms with Crippen molar-refractivity contribution in [3.63, 3.8) is 0 Å². The first-order chi connectivity index (χ1) is 6.75. The molecule has 3 nitrogen and oxygen atoms in total. The van der Waals surface area contributed by atoms with E-state index in [1.165, 1.54) is 6.20 Å². The summed E-state index contributed by atoms with van der Waals surface area (Å²) in [6.07, 6.45) is 6.08. The van der Waals surface area contributed by atoms with Gasteiger partial charge in [0.2, 0.25) is 0 Å². The number of rotatable bonds is 5. The summed E-state index contributed by atoms with van der Waals surface area (Å²) in [5.74, 6) is 0.686. The van der Waals surface area contributed by atoms with Gasteiger partial charge in [-0.25, -0.2) is 4.98 Å². The number of aryl methyl sites for hydroxylation is 1. The first-order valence-corrected chi connectivity index (χ1v) is 5.84. The molecule has 1 heterocycles. The summed E-state index contributed by atoms with van der Waals surface area (Å²) in [5.41, 5.74) is -0.0223. The van der Waals surface area contributed by atoms with E-state index in [0.29, 0.717) is 16.9 Å². The van der Waals surface area contributed by atoms with E-state index in [9.17, 15) is 4.79 Å². The third-order valence-corrected chi connectivity index (χ3v) is 2.70. The van der Waals surface area contributed by atoms with Gasteiger partial charge in [-0.3, -0.25) is 9.36 Å². The molecule has 1 rings (SSSR count). The fourth-order valence-electron chi connectivity index (χ4n) is 1.14. The van der Waals surface area contributed by atoms with Gasteiger partial charge in [0.15, 0.2) is 0 Å². The quantitative estimate of drug-likeness (QED) is 0.613. The number of halogens is 2. The average molecular weight is 280 g/mol. The molecule has 0 spiro atoms. The first kappa shape index (κ1) is 11.7. The summed E-state index contributed by atoms with van der Waals surface area (Å²) in [5, 5.41) is 0. The van der Waals surface area contributed by atoms with Gasteiger partial charge in [0.05, 0.1) is 6.33 Å². The molecule has 1 aromatic rings. The van der Waals surface area contributed by atoms with Crippen LogP contribution >= 0.6 is 27.5 Å². The van der Waals surface area contributed by atoms with Gasteiger partial charge in [0.1, 0.15) is 4.47 Å². The van der Waals surface area contributed by atoms with E-state index in [1.807, 2.05) is 0 Å². The molecule has 0 atom stereocenters. The Morgan fingerprint density at radius 3 is 2.93 bits per heavy atom. The predicted molar refractivity (Wildman–Crippen MR) is 60.8 cm³/mol. The van der Waals surface area contributed by atoms with E-state index >= 15 is 0 Å². The van der Waals surface area contributed by atoms with Crippen LogP contribution in [0.25, 0.3) is 0 Å². The minimum atomic E-state index is -0.0223. The van der Waals surface area contributed by atoms with Crippen molar-refractivity contribution in [3.05, 3.63) is 27.4 Å². The van der Waals surface area contributed by atoms with Gasteiger partial charge in [0.25, 0.3) is 5.56 Å². The Morgan fingerprint density at radius 2 is 2.21 bits per heavy atom. The van der Waals surface area contributed by atoms with Crippen molar-refractivity contribution in [2.45, 2.75) is 25.8 Å². The second kappa shape index (κ2) is 6.19. The normalized spacial score (nSPS) is 10.4. The monoisotopic (exact) mass is 278 g/mol. The third-order valence-electron chi connectivity index (χ3n) is 1.89. The van der Waals surface area contributed by atoms with Gasteiger partial charge in [-0.15, -0.1) is 11.6 Å². The van der Waals surface area contributed by atoms with E-state index in [2.05, 4.69) is 20.9 Å². The van der Waals surface area contributed by atoms with E-state index in [-0.39, 0.29) is 5.56 Å². The molecular formula is C9H12BrClN2O. The second-order valence-corrected chi connectivity index (χ2v) is 4.22. The Balaban J connectivity index is 2.51. The summed E-state index contributed by atoms with van der Waals surface area (Å²) < 4.78 is 2.12. The van der Waals surface area contributed by atoms with Crippen LogP contribution in [0.2, 0.25) is 0 Å². The molecule has 14 heavy (non-hydrogen) atoms. The van der Waals surface area contributed by atoms with Crippen LogP contribution in [0.3, 0.4) is 0 Å². The van der Waals surface area contributed by atoms with Gasteiger partial charge in [-0.2, -0.15) is 0 Å². The molecule has 0 aliphatic carbocycles. The Hall–Kier alpha value is -0.350. The van der Waals surface area contributed by atoms with E-state index in [4.69, 9.17) is 11.6 Å². The van der Waals surface area contributed by atoms with Crippen molar-refractivity contribution in [1.29, 1.82) is 0 Å². The van der Waals surface area contributed by atoms with Gasteiger partial charge in [-0.1, -0.05) is 6.42 Å². The molecule has 0 bridgehead atoms. The molecule has 0 aliphatic heterocycles. The van der Waals surface area contributed by atoms with Crippen LogP contribution in [-0.2, 0) is 6.54 Å². The van der Waals surface area contributed by atoms with E-state index in [1.54, 1.807) is 10.9 Å². The molecule has 0 unspecified atom stereocenters. The van der Waals surface area contributed by atoms with E-state index in [0.717, 1.165) is 19.3 Å². The van der Waals surface area contributed by atoms with Crippen LogP contribution in [-0.4, -0.2) is 15.4 Å². The molecule has 5 heteroatoms. The van der Waals surface area contributed by atoms with Crippen LogP contribution in [0.1, 0.15) is 19.3 Å². The van der Waals surface area contributed by atoms with Crippen molar-refractivity contribution in [2.75, 3.05) is 5.88 Å². The predicted octanol–water partition coefficient (Wildman–Crippen LogP) is 2.41. The van der Waals surface area contributed by atoms with Crippen molar-refractivity contribution < 1.29 is 0 Å². The van der Waals surface area contributed by atoms with Crippen LogP contribution in [0, 0.1) is 0 Å². The molecule has 78 valence electrons. The lowest BCUT2D eigenvalue weighted by atomic mass is 10.2. The second-order valence-electron chi connectivity index (χ2n) is 2.99. The minimum absolute atomic E-state index is 0.0223. The van der Waals surface area contributed by atoms with Gasteiger partial charge >= 0.3 is 0 Å². The Kier molecular flexibility index (Phi) is 5.19. The molecule has 0 saturated carbocycles. The highest BCUT2D eigenvalue weighted by molar-refractivity contribution is 9.10. The van der Waals surface area contributed by atoms with Gasteiger partial charge in [0, 0.05) is 18.6 Å². The molecule has 0 aliphatic rings. The Labute approximate surface area is 96.2 Å². The van der Waals surface area contributed by atoms with E-state index < -0.39 is 0 Å². The topological polar surface area (TPSA) is 34.9 Å². The van der Waals surface area contributed by atoms with Gasteiger partial charge < -0.3 is 0 Å². The molecule has 0 N–H and O–H groups in total. The Bertz CT molecular complexity index is 340. The number of nitrogens with zero attached hydrogens (tertiary/aromatic N) is 2. The third kappa shape index (κ3) is 3.42. The lowest BCUT2D eigenvalue weighted by Gasteiger charge is -2.03. The maximum Gasteiger partial charge on any atom is 0.267 e. The number of alkyl halides is 1. The zero-order chi connectivity index (χ0) is 10.4. The van der Waals surface area contributed by atoms with Crippen LogP contribution in [0.4, 0.5) is 0 Å². The maximum absolute atomic E-state index is 11.5. The van der Waals surface area contributed by atoms with Crippen LogP contribution in [0.5, 0.6) is 0 Å². The Morgan fingerprint density at radius 1 is 1.43 bits per heavy atom.